The normalized spacial score (nSPS) is 10.9. The van der Waals surface area contributed by atoms with Crippen LogP contribution in [-0.4, -0.2) is 11.1 Å². The van der Waals surface area contributed by atoms with Crippen LogP contribution >= 0.6 is 0 Å². The molecule has 2 rings (SSSR count). The number of hydrogen-bond donors (Lipinski definition) is 2. The summed E-state index contributed by atoms with van der Waals surface area (Å²) in [5, 5.41) is 8.47. The van der Waals surface area contributed by atoms with Crippen molar-refractivity contribution >= 4 is 17.7 Å². The van der Waals surface area contributed by atoms with Gasteiger partial charge in [0, 0.05) is 11.8 Å². The summed E-state index contributed by atoms with van der Waals surface area (Å²) in [5.41, 5.74) is 6.23. The fraction of sp³-hybridized carbons (Fsp3) is 0. The fourth-order valence-electron chi connectivity index (χ4n) is 1.47. The Morgan fingerprint density at radius 2 is 2.11 bits per heavy atom. The Morgan fingerprint density at radius 3 is 2.83 bits per heavy atom. The smallest absolute Gasteiger partial charge is 0.328 e. The minimum absolute atomic E-state index is 0.241. The van der Waals surface area contributed by atoms with Crippen LogP contribution in [0.25, 0.3) is 17.4 Å². The third-order valence-electron chi connectivity index (χ3n) is 2.27. The number of carboxylic acid groups (broad SMARTS) is 1. The second-order valence-corrected chi connectivity index (χ2v) is 3.61. The van der Waals surface area contributed by atoms with Crippen LogP contribution in [0, 0.1) is 5.82 Å². The lowest BCUT2D eigenvalue weighted by Gasteiger charge is -2.00. The molecule has 0 unspecified atom stereocenters. The summed E-state index contributed by atoms with van der Waals surface area (Å²) < 4.78 is 18.9. The Morgan fingerprint density at radius 1 is 1.33 bits per heavy atom. The summed E-state index contributed by atoms with van der Waals surface area (Å²) in [4.78, 5) is 10.3. The van der Waals surface area contributed by atoms with Gasteiger partial charge in [0.1, 0.15) is 17.3 Å². The summed E-state index contributed by atoms with van der Waals surface area (Å²) in [7, 11) is 0. The molecule has 5 heteroatoms. The number of nitrogens with two attached hydrogens (primary N) is 1. The molecule has 92 valence electrons. The van der Waals surface area contributed by atoms with E-state index in [0.29, 0.717) is 17.2 Å². The highest BCUT2D eigenvalue weighted by Crippen LogP contribution is 2.27. The van der Waals surface area contributed by atoms with Crippen LogP contribution < -0.4 is 5.73 Å². The number of furan rings is 1. The van der Waals surface area contributed by atoms with E-state index in [1.54, 1.807) is 12.1 Å². The average molecular weight is 247 g/mol. The summed E-state index contributed by atoms with van der Waals surface area (Å²) >= 11 is 0. The van der Waals surface area contributed by atoms with Crippen molar-refractivity contribution in [1.29, 1.82) is 0 Å². The van der Waals surface area contributed by atoms with Gasteiger partial charge in [0.25, 0.3) is 0 Å². The summed E-state index contributed by atoms with van der Waals surface area (Å²) in [6.45, 7) is 0. The molecule has 0 radical (unpaired) electrons. The maximum Gasteiger partial charge on any atom is 0.328 e. The van der Waals surface area contributed by atoms with E-state index >= 15 is 0 Å². The van der Waals surface area contributed by atoms with Crippen molar-refractivity contribution in [2.45, 2.75) is 0 Å². The van der Waals surface area contributed by atoms with Gasteiger partial charge in [-0.3, -0.25) is 0 Å². The van der Waals surface area contributed by atoms with Crippen molar-refractivity contribution in [2.75, 3.05) is 5.73 Å². The molecule has 1 heterocycles. The highest BCUT2D eigenvalue weighted by atomic mass is 19.1. The summed E-state index contributed by atoms with van der Waals surface area (Å²) in [5.74, 6) is -0.908. The Hall–Kier alpha value is -2.56. The monoisotopic (exact) mass is 247 g/mol. The van der Waals surface area contributed by atoms with Crippen LogP contribution in [0.1, 0.15) is 5.76 Å². The molecule has 0 atom stereocenters. The van der Waals surface area contributed by atoms with Crippen LogP contribution in [0.4, 0.5) is 10.1 Å². The highest BCUT2D eigenvalue weighted by Gasteiger charge is 2.09. The Labute approximate surface area is 102 Å². The zero-order valence-electron chi connectivity index (χ0n) is 9.26. The number of carbonyl (C=O) groups is 1. The van der Waals surface area contributed by atoms with Gasteiger partial charge in [-0.05, 0) is 36.4 Å². The number of nitrogen functional groups attached to an aromatic ring is 1. The first-order chi connectivity index (χ1) is 8.56. The number of carboxylic acids is 1. The summed E-state index contributed by atoms with van der Waals surface area (Å²) in [6.07, 6.45) is 2.23. The number of rotatable bonds is 3. The van der Waals surface area contributed by atoms with E-state index in [-0.39, 0.29) is 5.56 Å². The van der Waals surface area contributed by atoms with Gasteiger partial charge in [-0.2, -0.15) is 0 Å². The highest BCUT2D eigenvalue weighted by molar-refractivity contribution is 5.84. The van der Waals surface area contributed by atoms with Gasteiger partial charge >= 0.3 is 5.97 Å². The lowest BCUT2D eigenvalue weighted by molar-refractivity contribution is -0.131. The first-order valence-corrected chi connectivity index (χ1v) is 5.12. The molecule has 0 bridgehead atoms. The average Bonchev–Trinajstić information content (AvgIpc) is 2.78. The Kier molecular flexibility index (Phi) is 3.14. The molecule has 1 aromatic heterocycles. The molecule has 0 fully saturated rings. The second-order valence-electron chi connectivity index (χ2n) is 3.61. The molecule has 0 aliphatic heterocycles. The molecule has 4 nitrogen and oxygen atoms in total. The lowest BCUT2D eigenvalue weighted by Crippen LogP contribution is -1.88. The van der Waals surface area contributed by atoms with Gasteiger partial charge in [-0.25, -0.2) is 9.18 Å². The van der Waals surface area contributed by atoms with Crippen molar-refractivity contribution in [1.82, 2.24) is 0 Å². The quantitative estimate of drug-likeness (QED) is 0.645. The van der Waals surface area contributed by atoms with Crippen molar-refractivity contribution in [2.24, 2.45) is 0 Å². The van der Waals surface area contributed by atoms with Crippen LogP contribution in [0.3, 0.4) is 0 Å². The maximum absolute atomic E-state index is 13.6. The molecule has 1 aromatic carbocycles. The molecule has 2 aromatic rings. The van der Waals surface area contributed by atoms with Crippen molar-refractivity contribution in [3.05, 3.63) is 48.0 Å². The van der Waals surface area contributed by atoms with Crippen LogP contribution in [0.2, 0.25) is 0 Å². The zero-order chi connectivity index (χ0) is 13.1. The molecule has 0 saturated heterocycles. The molecular formula is C13H10FNO3. The molecule has 18 heavy (non-hydrogen) atoms. The van der Waals surface area contributed by atoms with Crippen LogP contribution in [0.5, 0.6) is 0 Å². The molecule has 0 saturated carbocycles. The van der Waals surface area contributed by atoms with E-state index in [9.17, 15) is 9.18 Å². The molecule has 0 spiro atoms. The topological polar surface area (TPSA) is 76.5 Å². The van der Waals surface area contributed by atoms with E-state index in [1.807, 2.05) is 0 Å². The molecule has 0 aliphatic rings. The van der Waals surface area contributed by atoms with Gasteiger partial charge in [-0.15, -0.1) is 0 Å². The number of anilines is 1. The largest absolute Gasteiger partial charge is 0.478 e. The van der Waals surface area contributed by atoms with Gasteiger partial charge in [-0.1, -0.05) is 0 Å². The van der Waals surface area contributed by atoms with Crippen molar-refractivity contribution < 1.29 is 18.7 Å². The van der Waals surface area contributed by atoms with Crippen LogP contribution in [0.15, 0.2) is 40.8 Å². The fourth-order valence-corrected chi connectivity index (χ4v) is 1.47. The van der Waals surface area contributed by atoms with Crippen LogP contribution in [-0.2, 0) is 4.79 Å². The summed E-state index contributed by atoms with van der Waals surface area (Å²) in [6, 6.07) is 7.27. The number of aliphatic carboxylic acids is 1. The third kappa shape index (κ3) is 2.57. The van der Waals surface area contributed by atoms with E-state index in [0.717, 1.165) is 6.08 Å². The van der Waals surface area contributed by atoms with Crippen molar-refractivity contribution in [3.63, 3.8) is 0 Å². The molecule has 3 N–H and O–H groups in total. The first-order valence-electron chi connectivity index (χ1n) is 5.12. The van der Waals surface area contributed by atoms with E-state index in [2.05, 4.69) is 0 Å². The molecular weight excluding hydrogens is 237 g/mol. The second kappa shape index (κ2) is 4.75. The van der Waals surface area contributed by atoms with E-state index < -0.39 is 11.8 Å². The third-order valence-corrected chi connectivity index (χ3v) is 2.27. The maximum atomic E-state index is 13.6. The van der Waals surface area contributed by atoms with Gasteiger partial charge < -0.3 is 15.3 Å². The number of halogens is 1. The minimum Gasteiger partial charge on any atom is -0.478 e. The van der Waals surface area contributed by atoms with Gasteiger partial charge in [0.05, 0.1) is 5.56 Å². The minimum atomic E-state index is -1.08. The molecule has 0 amide bonds. The Bertz CT molecular complexity index is 616. The van der Waals surface area contributed by atoms with Crippen molar-refractivity contribution in [3.8, 4) is 11.3 Å². The predicted octanol–water partition coefficient (Wildman–Crippen LogP) is 2.77. The SMILES string of the molecule is Nc1ccc(F)c(-c2ccc(/C=C/C(=O)O)o2)c1. The first kappa shape index (κ1) is 11.9. The lowest BCUT2D eigenvalue weighted by atomic mass is 10.1. The molecule has 0 aliphatic carbocycles. The number of hydrogen-bond acceptors (Lipinski definition) is 3. The van der Waals surface area contributed by atoms with E-state index in [1.165, 1.54) is 24.3 Å². The Balaban J connectivity index is 2.35. The predicted molar refractivity (Wildman–Crippen MR) is 65.2 cm³/mol. The van der Waals surface area contributed by atoms with Gasteiger partial charge in [0.15, 0.2) is 0 Å². The van der Waals surface area contributed by atoms with Gasteiger partial charge in [0.2, 0.25) is 0 Å². The standard InChI is InChI=1S/C13H10FNO3/c14-11-4-1-8(15)7-10(11)12-5-2-9(18-12)3-6-13(16)17/h1-7H,15H2,(H,16,17)/b6-3+. The zero-order valence-corrected chi connectivity index (χ0v) is 9.26. The number of benzene rings is 1. The van der Waals surface area contributed by atoms with E-state index in [4.69, 9.17) is 15.3 Å².